The number of hydrogen-bond acceptors (Lipinski definition) is 4. The Balaban J connectivity index is 2.40. The van der Waals surface area contributed by atoms with Crippen LogP contribution in [-0.4, -0.2) is 39.6 Å². The molecule has 1 rings (SSSR count). The van der Waals surface area contributed by atoms with Gasteiger partial charge in [0.05, 0.1) is 14.2 Å². The maximum absolute atomic E-state index is 11.8. The molecule has 118 valence electrons. The Labute approximate surface area is 120 Å². The molecule has 1 amide bonds. The Morgan fingerprint density at radius 3 is 2.43 bits per heavy atom. The number of alkyl carbamates (subject to hydrolysis) is 1. The molecule has 1 aromatic rings. The van der Waals surface area contributed by atoms with E-state index in [9.17, 15) is 18.0 Å². The summed E-state index contributed by atoms with van der Waals surface area (Å²) in [6.07, 6.45) is -5.21. The number of ether oxygens (including phenoxy) is 3. The van der Waals surface area contributed by atoms with Crippen LogP contribution in [0.3, 0.4) is 0 Å². The summed E-state index contributed by atoms with van der Waals surface area (Å²) >= 11 is 0. The maximum Gasteiger partial charge on any atom is 0.422 e. The van der Waals surface area contributed by atoms with Gasteiger partial charge >= 0.3 is 12.3 Å². The summed E-state index contributed by atoms with van der Waals surface area (Å²) in [4.78, 5) is 11.0. The highest BCUT2D eigenvalue weighted by molar-refractivity contribution is 5.67. The third-order valence-corrected chi connectivity index (χ3v) is 2.50. The number of nitrogens with one attached hydrogen (secondary N) is 1. The van der Waals surface area contributed by atoms with Gasteiger partial charge in [0.2, 0.25) is 0 Å². The van der Waals surface area contributed by atoms with Crippen molar-refractivity contribution < 1.29 is 32.2 Å². The Kier molecular flexibility index (Phi) is 6.13. The first-order valence-electron chi connectivity index (χ1n) is 6.04. The van der Waals surface area contributed by atoms with E-state index in [-0.39, 0.29) is 6.54 Å². The first-order chi connectivity index (χ1) is 9.85. The number of alkyl halides is 3. The van der Waals surface area contributed by atoms with E-state index in [0.717, 1.165) is 5.56 Å². The molecule has 1 N–H and O–H groups in total. The van der Waals surface area contributed by atoms with Crippen molar-refractivity contribution in [3.05, 3.63) is 23.8 Å². The van der Waals surface area contributed by atoms with Crippen molar-refractivity contribution in [2.24, 2.45) is 0 Å². The number of carbonyl (C=O) groups is 1. The summed E-state index contributed by atoms with van der Waals surface area (Å²) in [5.41, 5.74) is 0.837. The molecule has 5 nitrogen and oxygen atoms in total. The maximum atomic E-state index is 11.8. The summed E-state index contributed by atoms with van der Waals surface area (Å²) in [7, 11) is 3.00. The number of carbonyl (C=O) groups excluding carboxylic acids is 1. The summed E-state index contributed by atoms with van der Waals surface area (Å²) in [5.74, 6) is 1.11. The van der Waals surface area contributed by atoms with Gasteiger partial charge in [0.15, 0.2) is 18.1 Å². The molecule has 0 aliphatic carbocycles. The summed E-state index contributed by atoms with van der Waals surface area (Å²) in [6, 6.07) is 5.20. The zero-order chi connectivity index (χ0) is 15.9. The van der Waals surface area contributed by atoms with Crippen molar-refractivity contribution in [3.63, 3.8) is 0 Å². The predicted octanol–water partition coefficient (Wildman–Crippen LogP) is 2.53. The topological polar surface area (TPSA) is 56.8 Å². The Morgan fingerprint density at radius 2 is 1.86 bits per heavy atom. The number of rotatable bonds is 6. The molecule has 0 fully saturated rings. The Hall–Kier alpha value is -2.12. The number of benzene rings is 1. The highest BCUT2D eigenvalue weighted by atomic mass is 19.4. The van der Waals surface area contributed by atoms with E-state index in [0.29, 0.717) is 17.9 Å². The molecule has 0 heterocycles. The molecule has 0 aliphatic heterocycles. The lowest BCUT2D eigenvalue weighted by atomic mass is 10.1. The Morgan fingerprint density at radius 1 is 1.19 bits per heavy atom. The van der Waals surface area contributed by atoms with Crippen LogP contribution in [-0.2, 0) is 11.2 Å². The summed E-state index contributed by atoms with van der Waals surface area (Å²) < 4.78 is 49.7. The van der Waals surface area contributed by atoms with E-state index >= 15 is 0 Å². The second-order valence-electron chi connectivity index (χ2n) is 4.06. The van der Waals surface area contributed by atoms with Gasteiger partial charge in [-0.3, -0.25) is 0 Å². The van der Waals surface area contributed by atoms with Gasteiger partial charge in [-0.15, -0.1) is 0 Å². The quantitative estimate of drug-likeness (QED) is 0.877. The van der Waals surface area contributed by atoms with Crippen LogP contribution < -0.4 is 14.8 Å². The second-order valence-corrected chi connectivity index (χ2v) is 4.06. The van der Waals surface area contributed by atoms with Crippen LogP contribution in [0.1, 0.15) is 5.56 Å². The lowest BCUT2D eigenvalue weighted by molar-refractivity contribution is -0.160. The first kappa shape index (κ1) is 16.9. The van der Waals surface area contributed by atoms with Crippen molar-refractivity contribution >= 4 is 6.09 Å². The van der Waals surface area contributed by atoms with Gasteiger partial charge in [-0.25, -0.2) is 4.79 Å². The van der Waals surface area contributed by atoms with Crippen molar-refractivity contribution in [1.29, 1.82) is 0 Å². The standard InChI is InChI=1S/C13H16F3NO4/c1-19-10-4-3-9(7-11(10)20-2)5-6-17-12(18)21-8-13(14,15)16/h3-4,7H,5-6,8H2,1-2H3,(H,17,18). The molecule has 0 saturated heterocycles. The zero-order valence-electron chi connectivity index (χ0n) is 11.6. The molecular formula is C13H16F3NO4. The van der Waals surface area contributed by atoms with Crippen LogP contribution in [0.25, 0.3) is 0 Å². The van der Waals surface area contributed by atoms with E-state index in [4.69, 9.17) is 9.47 Å². The lowest BCUT2D eigenvalue weighted by Crippen LogP contribution is -2.30. The van der Waals surface area contributed by atoms with E-state index < -0.39 is 18.9 Å². The normalized spacial score (nSPS) is 10.9. The Bertz CT molecular complexity index is 477. The number of methoxy groups -OCH3 is 2. The molecule has 8 heteroatoms. The van der Waals surface area contributed by atoms with Gasteiger partial charge < -0.3 is 19.5 Å². The van der Waals surface area contributed by atoms with Crippen molar-refractivity contribution in [1.82, 2.24) is 5.32 Å². The zero-order valence-corrected chi connectivity index (χ0v) is 11.6. The molecule has 0 unspecified atom stereocenters. The van der Waals surface area contributed by atoms with Gasteiger partial charge in [0.25, 0.3) is 0 Å². The van der Waals surface area contributed by atoms with Gasteiger partial charge in [-0.1, -0.05) is 6.07 Å². The monoisotopic (exact) mass is 307 g/mol. The molecular weight excluding hydrogens is 291 g/mol. The molecule has 21 heavy (non-hydrogen) atoms. The summed E-state index contributed by atoms with van der Waals surface area (Å²) in [6.45, 7) is -1.46. The fourth-order valence-electron chi connectivity index (χ4n) is 1.54. The van der Waals surface area contributed by atoms with Gasteiger partial charge in [-0.2, -0.15) is 13.2 Å². The van der Waals surface area contributed by atoms with Crippen LogP contribution in [0.4, 0.5) is 18.0 Å². The highest BCUT2D eigenvalue weighted by Crippen LogP contribution is 2.27. The highest BCUT2D eigenvalue weighted by Gasteiger charge is 2.29. The van der Waals surface area contributed by atoms with Crippen molar-refractivity contribution in [2.45, 2.75) is 12.6 Å². The number of halogens is 3. The van der Waals surface area contributed by atoms with Crippen LogP contribution >= 0.6 is 0 Å². The molecule has 0 aliphatic rings. The van der Waals surface area contributed by atoms with Crippen molar-refractivity contribution in [3.8, 4) is 11.5 Å². The van der Waals surface area contributed by atoms with E-state index in [1.807, 2.05) is 0 Å². The minimum absolute atomic E-state index is 0.145. The largest absolute Gasteiger partial charge is 0.493 e. The third kappa shape index (κ3) is 6.24. The minimum Gasteiger partial charge on any atom is -0.493 e. The molecule has 0 radical (unpaired) electrons. The summed E-state index contributed by atoms with van der Waals surface area (Å²) in [5, 5.41) is 2.24. The molecule has 1 aromatic carbocycles. The first-order valence-corrected chi connectivity index (χ1v) is 6.04. The molecule has 0 aromatic heterocycles. The molecule has 0 saturated carbocycles. The van der Waals surface area contributed by atoms with Crippen LogP contribution in [0.5, 0.6) is 11.5 Å². The smallest absolute Gasteiger partial charge is 0.422 e. The predicted molar refractivity (Wildman–Crippen MR) is 68.7 cm³/mol. The van der Waals surface area contributed by atoms with Crippen LogP contribution in [0.15, 0.2) is 18.2 Å². The number of amides is 1. The van der Waals surface area contributed by atoms with Gasteiger partial charge in [-0.05, 0) is 24.1 Å². The van der Waals surface area contributed by atoms with Crippen molar-refractivity contribution in [2.75, 3.05) is 27.4 Å². The van der Waals surface area contributed by atoms with E-state index in [1.54, 1.807) is 18.2 Å². The molecule has 0 spiro atoms. The van der Waals surface area contributed by atoms with Crippen LogP contribution in [0, 0.1) is 0 Å². The SMILES string of the molecule is COc1ccc(CCNC(=O)OCC(F)(F)F)cc1OC. The molecule has 0 bridgehead atoms. The average molecular weight is 307 g/mol. The second kappa shape index (κ2) is 7.61. The van der Waals surface area contributed by atoms with E-state index in [1.165, 1.54) is 14.2 Å². The third-order valence-electron chi connectivity index (χ3n) is 2.50. The fourth-order valence-corrected chi connectivity index (χ4v) is 1.54. The molecule has 0 atom stereocenters. The fraction of sp³-hybridized carbons (Fsp3) is 0.462. The van der Waals surface area contributed by atoms with Gasteiger partial charge in [0, 0.05) is 6.54 Å². The number of hydrogen-bond donors (Lipinski definition) is 1. The van der Waals surface area contributed by atoms with E-state index in [2.05, 4.69) is 10.1 Å². The average Bonchev–Trinajstić information content (AvgIpc) is 2.44. The minimum atomic E-state index is -4.53. The lowest BCUT2D eigenvalue weighted by Gasteiger charge is -2.11. The van der Waals surface area contributed by atoms with Crippen LogP contribution in [0.2, 0.25) is 0 Å². The van der Waals surface area contributed by atoms with Gasteiger partial charge in [0.1, 0.15) is 0 Å².